The van der Waals surface area contributed by atoms with E-state index in [1.165, 1.54) is 0 Å². The zero-order valence-electron chi connectivity index (χ0n) is 18.4. The lowest BCUT2D eigenvalue weighted by molar-refractivity contribution is 0.0962. The van der Waals surface area contributed by atoms with Crippen LogP contribution < -0.4 is 9.64 Å². The highest BCUT2D eigenvalue weighted by molar-refractivity contribution is 6.45. The smallest absolute Gasteiger partial charge is 0.376 e. The first-order valence-corrected chi connectivity index (χ1v) is 10.9. The van der Waals surface area contributed by atoms with Crippen LogP contribution in [0.3, 0.4) is 0 Å². The molecule has 10 heteroatoms. The van der Waals surface area contributed by atoms with Crippen LogP contribution in [0.1, 0.15) is 19.3 Å². The minimum absolute atomic E-state index is 0.176. The Morgan fingerprint density at radius 1 is 1.22 bits per heavy atom. The normalized spacial score (nSPS) is 25.2. The molecule has 0 spiro atoms. The Labute approximate surface area is 186 Å². The lowest BCUT2D eigenvalue weighted by atomic mass is 9.78. The van der Waals surface area contributed by atoms with Gasteiger partial charge in [-0.05, 0) is 49.7 Å². The van der Waals surface area contributed by atoms with Gasteiger partial charge >= 0.3 is 7.05 Å². The van der Waals surface area contributed by atoms with Crippen LogP contribution in [-0.4, -0.2) is 75.5 Å². The number of pyridine rings is 1. The standard InChI is InChI=1S/C22H26BFN6O2/c1-23(31)30-15-4-5-17(30)21(24)18(10-15)29(2)20-12-26-22(28-27-20)16-8-14-11-25-7-6-13(14)9-19(16)32-3/h6-9,11-12,15,17-18,21,31H,4-5,10H2,1-3H3/t15?,17?,18-,21+/m0/s1. The molecule has 2 saturated heterocycles. The summed E-state index contributed by atoms with van der Waals surface area (Å²) in [6, 6.07) is 5.36. The number of methoxy groups -OCH3 is 1. The van der Waals surface area contributed by atoms with Crippen LogP contribution in [0.2, 0.25) is 6.82 Å². The third-order valence-corrected chi connectivity index (χ3v) is 6.89. The largest absolute Gasteiger partial charge is 0.496 e. The molecular weight excluding hydrogens is 410 g/mol. The Balaban J connectivity index is 1.40. The molecule has 3 aromatic rings. The number of hydrogen-bond donors (Lipinski definition) is 1. The number of rotatable bonds is 5. The highest BCUT2D eigenvalue weighted by Gasteiger charge is 2.51. The van der Waals surface area contributed by atoms with E-state index >= 15 is 4.39 Å². The van der Waals surface area contributed by atoms with Gasteiger partial charge in [0.1, 0.15) is 11.9 Å². The molecule has 5 rings (SSSR count). The molecule has 8 nitrogen and oxygen atoms in total. The monoisotopic (exact) mass is 436 g/mol. The zero-order valence-corrected chi connectivity index (χ0v) is 18.4. The number of alkyl halides is 1. The fourth-order valence-corrected chi connectivity index (χ4v) is 5.30. The maximum Gasteiger partial charge on any atom is 0.376 e. The van der Waals surface area contributed by atoms with E-state index in [9.17, 15) is 5.02 Å². The zero-order chi connectivity index (χ0) is 22.4. The third kappa shape index (κ3) is 3.47. The maximum absolute atomic E-state index is 15.4. The van der Waals surface area contributed by atoms with Gasteiger partial charge in [0.15, 0.2) is 11.6 Å². The van der Waals surface area contributed by atoms with Crippen LogP contribution in [0.4, 0.5) is 10.2 Å². The Hall–Kier alpha value is -2.85. The maximum atomic E-state index is 15.4. The average molecular weight is 436 g/mol. The van der Waals surface area contributed by atoms with Gasteiger partial charge in [0, 0.05) is 36.9 Å². The second-order valence-corrected chi connectivity index (χ2v) is 8.65. The van der Waals surface area contributed by atoms with Crippen molar-refractivity contribution in [2.24, 2.45) is 0 Å². The summed E-state index contributed by atoms with van der Waals surface area (Å²) in [4.78, 5) is 12.4. The molecular formula is C22H26BFN6O2. The van der Waals surface area contributed by atoms with E-state index in [-0.39, 0.29) is 18.1 Å². The van der Waals surface area contributed by atoms with Crippen LogP contribution in [0, 0.1) is 0 Å². The SMILES string of the molecule is COc1cc2ccncc2cc1-c1ncc(N(C)[C@H]2CC3CCC([C@H]2F)N3B(C)O)nn1. The number of piperidine rings is 1. The van der Waals surface area contributed by atoms with Crippen LogP contribution in [0.5, 0.6) is 5.75 Å². The Bertz CT molecular complexity index is 1120. The van der Waals surface area contributed by atoms with Crippen LogP contribution in [0.15, 0.2) is 36.8 Å². The molecule has 4 heterocycles. The van der Waals surface area contributed by atoms with Crippen molar-refractivity contribution in [1.82, 2.24) is 25.0 Å². The van der Waals surface area contributed by atoms with Gasteiger partial charge in [-0.2, -0.15) is 0 Å². The topological polar surface area (TPSA) is 87.5 Å². The quantitative estimate of drug-likeness (QED) is 0.611. The predicted molar refractivity (Wildman–Crippen MR) is 121 cm³/mol. The van der Waals surface area contributed by atoms with E-state index < -0.39 is 13.2 Å². The molecule has 0 amide bonds. The van der Waals surface area contributed by atoms with Crippen molar-refractivity contribution in [3.63, 3.8) is 0 Å². The first kappa shape index (κ1) is 21.0. The summed E-state index contributed by atoms with van der Waals surface area (Å²) in [7, 11) is 2.81. The predicted octanol–water partition coefficient (Wildman–Crippen LogP) is 2.59. The first-order chi connectivity index (χ1) is 15.5. The summed E-state index contributed by atoms with van der Waals surface area (Å²) in [6.07, 6.45) is 6.37. The second kappa shape index (κ2) is 8.25. The molecule has 0 radical (unpaired) electrons. The number of fused-ring (bicyclic) bond motifs is 3. The van der Waals surface area contributed by atoms with Crippen LogP contribution >= 0.6 is 0 Å². The highest BCUT2D eigenvalue weighted by Crippen LogP contribution is 2.40. The van der Waals surface area contributed by atoms with Crippen molar-refractivity contribution in [2.75, 3.05) is 19.1 Å². The van der Waals surface area contributed by atoms with E-state index in [4.69, 9.17) is 4.74 Å². The van der Waals surface area contributed by atoms with Gasteiger partial charge in [0.2, 0.25) is 0 Å². The van der Waals surface area contributed by atoms with Crippen molar-refractivity contribution in [3.05, 3.63) is 36.8 Å². The van der Waals surface area contributed by atoms with Crippen molar-refractivity contribution < 1.29 is 14.2 Å². The molecule has 2 aromatic heterocycles. The first-order valence-electron chi connectivity index (χ1n) is 10.9. The minimum Gasteiger partial charge on any atom is -0.496 e. The van der Waals surface area contributed by atoms with Gasteiger partial charge in [0.25, 0.3) is 0 Å². The molecule has 4 atom stereocenters. The van der Waals surface area contributed by atoms with Gasteiger partial charge in [-0.25, -0.2) is 9.37 Å². The Morgan fingerprint density at radius 2 is 2.06 bits per heavy atom. The third-order valence-electron chi connectivity index (χ3n) is 6.89. The van der Waals surface area contributed by atoms with Crippen molar-refractivity contribution in [3.8, 4) is 17.1 Å². The number of anilines is 1. The molecule has 2 unspecified atom stereocenters. The second-order valence-electron chi connectivity index (χ2n) is 8.65. The molecule has 1 aromatic carbocycles. The molecule has 0 aliphatic carbocycles. The summed E-state index contributed by atoms with van der Waals surface area (Å²) in [5.74, 6) is 1.61. The fourth-order valence-electron chi connectivity index (χ4n) is 5.30. The lowest BCUT2D eigenvalue weighted by Crippen LogP contribution is -2.60. The van der Waals surface area contributed by atoms with Crippen LogP contribution in [-0.2, 0) is 0 Å². The van der Waals surface area contributed by atoms with Gasteiger partial charge in [0.05, 0.1) is 24.9 Å². The summed E-state index contributed by atoms with van der Waals surface area (Å²) in [6.45, 7) is 1.72. The highest BCUT2D eigenvalue weighted by atomic mass is 19.1. The summed E-state index contributed by atoms with van der Waals surface area (Å²) in [5, 5.41) is 20.7. The number of nitrogens with zero attached hydrogens (tertiary/aromatic N) is 6. The van der Waals surface area contributed by atoms with E-state index in [1.54, 1.807) is 32.5 Å². The summed E-state index contributed by atoms with van der Waals surface area (Å²) >= 11 is 0. The van der Waals surface area contributed by atoms with Crippen molar-refractivity contribution in [2.45, 2.75) is 50.4 Å². The number of halogens is 1. The van der Waals surface area contributed by atoms with E-state index in [0.29, 0.717) is 23.8 Å². The van der Waals surface area contributed by atoms with E-state index in [1.807, 2.05) is 35.0 Å². The summed E-state index contributed by atoms with van der Waals surface area (Å²) < 4.78 is 20.9. The van der Waals surface area contributed by atoms with Crippen molar-refractivity contribution >= 4 is 23.6 Å². The van der Waals surface area contributed by atoms with E-state index in [2.05, 4.69) is 20.2 Å². The molecule has 32 heavy (non-hydrogen) atoms. The Morgan fingerprint density at radius 3 is 2.78 bits per heavy atom. The molecule has 2 aliphatic rings. The molecule has 166 valence electrons. The molecule has 0 saturated carbocycles. The van der Waals surface area contributed by atoms with Gasteiger partial charge in [-0.15, -0.1) is 10.2 Å². The molecule has 2 bridgehead atoms. The van der Waals surface area contributed by atoms with Gasteiger partial charge in [-0.1, -0.05) is 0 Å². The number of ether oxygens (including phenoxy) is 1. The van der Waals surface area contributed by atoms with Gasteiger partial charge < -0.3 is 19.5 Å². The molecule has 2 fully saturated rings. The Kier molecular flexibility index (Phi) is 5.42. The van der Waals surface area contributed by atoms with Crippen LogP contribution in [0.25, 0.3) is 22.2 Å². The minimum atomic E-state index is -1.08. The molecule has 1 N–H and O–H groups in total. The van der Waals surface area contributed by atoms with E-state index in [0.717, 1.165) is 29.2 Å². The number of benzene rings is 1. The molecule has 2 aliphatic heterocycles. The summed E-state index contributed by atoms with van der Waals surface area (Å²) in [5.41, 5.74) is 0.723. The fraction of sp³-hybridized carbons (Fsp3) is 0.455. The number of hydrogen-bond acceptors (Lipinski definition) is 8. The van der Waals surface area contributed by atoms with Crippen molar-refractivity contribution in [1.29, 1.82) is 0 Å². The number of aromatic nitrogens is 4. The lowest BCUT2D eigenvalue weighted by Gasteiger charge is -2.45. The van der Waals surface area contributed by atoms with Gasteiger partial charge in [-0.3, -0.25) is 4.98 Å². The average Bonchev–Trinajstić information content (AvgIpc) is 3.17.